The summed E-state index contributed by atoms with van der Waals surface area (Å²) in [6.07, 6.45) is 2.76. The Morgan fingerprint density at radius 3 is 2.77 bits per heavy atom. The van der Waals surface area contributed by atoms with E-state index in [1.54, 1.807) is 23.5 Å². The molecule has 6 nitrogen and oxygen atoms in total. The van der Waals surface area contributed by atoms with Gasteiger partial charge in [-0.1, -0.05) is 11.3 Å². The Morgan fingerprint density at radius 2 is 2.04 bits per heavy atom. The van der Waals surface area contributed by atoms with Crippen molar-refractivity contribution in [2.75, 3.05) is 12.5 Å². The van der Waals surface area contributed by atoms with Gasteiger partial charge in [-0.3, -0.25) is 14.5 Å². The maximum Gasteiger partial charge on any atom is 0.269 e. The normalized spacial score (nSPS) is 11.3. The molecule has 0 atom stereocenters. The third kappa shape index (κ3) is 3.11. The smallest absolute Gasteiger partial charge is 0.269 e. The lowest BCUT2D eigenvalue weighted by Gasteiger charge is -2.04. The molecule has 0 bridgehead atoms. The van der Waals surface area contributed by atoms with E-state index in [1.165, 1.54) is 12.1 Å². The number of ether oxygens (including phenoxy) is 1. The van der Waals surface area contributed by atoms with Crippen LogP contribution in [0, 0.1) is 10.1 Å². The number of benzene rings is 2. The molecule has 8 heteroatoms. The minimum atomic E-state index is -0.407. The van der Waals surface area contributed by atoms with Crippen LogP contribution < -0.4 is 4.74 Å². The Hall–Kier alpha value is -2.64. The van der Waals surface area contributed by atoms with Gasteiger partial charge in [0.25, 0.3) is 5.69 Å². The molecule has 0 fully saturated rings. The number of hydrogen-bond acceptors (Lipinski definition) is 5. The number of non-ortho nitro benzene ring substituents is 1. The van der Waals surface area contributed by atoms with Gasteiger partial charge in [-0.2, -0.15) is 0 Å². The summed E-state index contributed by atoms with van der Waals surface area (Å²) in [6.45, 7) is 0.599. The average molecular weight is 388 g/mol. The first kappa shape index (κ1) is 16.8. The molecule has 0 unspecified atom stereocenters. The molecule has 0 amide bonds. The molecule has 0 spiro atoms. The SMILES string of the molecule is O=[N+]([O-])c1ccc(-c2cn3c(n2)sc2cc(OCCCCl)ccc23)cc1. The van der Waals surface area contributed by atoms with Gasteiger partial charge in [-0.25, -0.2) is 4.98 Å². The van der Waals surface area contributed by atoms with E-state index in [0.29, 0.717) is 12.5 Å². The van der Waals surface area contributed by atoms with Crippen molar-refractivity contribution in [1.82, 2.24) is 9.38 Å². The largest absolute Gasteiger partial charge is 0.494 e. The molecule has 0 saturated heterocycles. The van der Waals surface area contributed by atoms with Crippen molar-refractivity contribution in [3.63, 3.8) is 0 Å². The van der Waals surface area contributed by atoms with Crippen LogP contribution in [0.5, 0.6) is 5.75 Å². The fraction of sp³-hybridized carbons (Fsp3) is 0.167. The molecule has 0 N–H and O–H groups in total. The lowest BCUT2D eigenvalue weighted by Crippen LogP contribution is -1.97. The van der Waals surface area contributed by atoms with Gasteiger partial charge >= 0.3 is 0 Å². The fourth-order valence-electron chi connectivity index (χ4n) is 2.71. The van der Waals surface area contributed by atoms with Gasteiger partial charge in [0.15, 0.2) is 4.96 Å². The second-order valence-electron chi connectivity index (χ2n) is 5.71. The van der Waals surface area contributed by atoms with Crippen molar-refractivity contribution in [3.05, 3.63) is 58.8 Å². The molecule has 0 aliphatic heterocycles. The van der Waals surface area contributed by atoms with Gasteiger partial charge in [-0.15, -0.1) is 11.6 Å². The standard InChI is InChI=1S/C18H14ClN3O3S/c19-8-1-9-25-14-6-7-16-17(10-14)26-18-20-15(11-21(16)18)12-2-4-13(5-3-12)22(23)24/h2-7,10-11H,1,8-9H2. The van der Waals surface area contributed by atoms with Crippen molar-refractivity contribution >= 4 is 43.8 Å². The molecular formula is C18H14ClN3O3S. The number of imidazole rings is 1. The fourth-order valence-corrected chi connectivity index (χ4v) is 3.85. The summed E-state index contributed by atoms with van der Waals surface area (Å²) < 4.78 is 8.80. The summed E-state index contributed by atoms with van der Waals surface area (Å²) in [4.78, 5) is 15.9. The summed E-state index contributed by atoms with van der Waals surface area (Å²) in [7, 11) is 0. The summed E-state index contributed by atoms with van der Waals surface area (Å²) in [5.74, 6) is 1.41. The van der Waals surface area contributed by atoms with Gasteiger partial charge in [0.05, 0.1) is 27.4 Å². The molecule has 0 radical (unpaired) electrons. The van der Waals surface area contributed by atoms with E-state index in [-0.39, 0.29) is 5.69 Å². The van der Waals surface area contributed by atoms with Crippen LogP contribution in [0.3, 0.4) is 0 Å². The number of alkyl halides is 1. The molecule has 2 aromatic heterocycles. The maximum atomic E-state index is 10.8. The molecule has 0 aliphatic carbocycles. The van der Waals surface area contributed by atoms with Crippen LogP contribution >= 0.6 is 22.9 Å². The molecule has 2 aromatic carbocycles. The molecule has 0 aliphatic rings. The van der Waals surface area contributed by atoms with E-state index in [2.05, 4.69) is 4.98 Å². The highest BCUT2D eigenvalue weighted by Gasteiger charge is 2.12. The first-order chi connectivity index (χ1) is 12.7. The quantitative estimate of drug-likeness (QED) is 0.199. The highest BCUT2D eigenvalue weighted by molar-refractivity contribution is 7.23. The van der Waals surface area contributed by atoms with Crippen molar-refractivity contribution in [2.24, 2.45) is 0 Å². The molecule has 132 valence electrons. The zero-order chi connectivity index (χ0) is 18.1. The number of aromatic nitrogens is 2. The van der Waals surface area contributed by atoms with Crippen molar-refractivity contribution < 1.29 is 9.66 Å². The van der Waals surface area contributed by atoms with Crippen LogP contribution in [0.2, 0.25) is 0 Å². The summed E-state index contributed by atoms with van der Waals surface area (Å²) in [5, 5.41) is 10.8. The van der Waals surface area contributed by atoms with E-state index in [1.807, 2.05) is 28.8 Å². The number of hydrogen-bond donors (Lipinski definition) is 0. The third-order valence-corrected chi connectivity index (χ3v) is 5.27. The predicted molar refractivity (Wildman–Crippen MR) is 103 cm³/mol. The Morgan fingerprint density at radius 1 is 1.23 bits per heavy atom. The minimum Gasteiger partial charge on any atom is -0.494 e. The van der Waals surface area contributed by atoms with Crippen molar-refractivity contribution in [2.45, 2.75) is 6.42 Å². The molecule has 0 saturated carbocycles. The number of halogens is 1. The zero-order valence-electron chi connectivity index (χ0n) is 13.6. The Kier molecular flexibility index (Phi) is 4.48. The van der Waals surface area contributed by atoms with E-state index < -0.39 is 4.92 Å². The Labute approximate surface area is 157 Å². The van der Waals surface area contributed by atoms with Crippen LogP contribution in [0.15, 0.2) is 48.7 Å². The summed E-state index contributed by atoms with van der Waals surface area (Å²) in [6, 6.07) is 12.4. The first-order valence-corrected chi connectivity index (χ1v) is 9.36. The minimum absolute atomic E-state index is 0.0712. The highest BCUT2D eigenvalue weighted by atomic mass is 35.5. The molecule has 26 heavy (non-hydrogen) atoms. The summed E-state index contributed by atoms with van der Waals surface area (Å²) >= 11 is 7.24. The summed E-state index contributed by atoms with van der Waals surface area (Å²) in [5.41, 5.74) is 2.76. The maximum absolute atomic E-state index is 10.8. The lowest BCUT2D eigenvalue weighted by molar-refractivity contribution is -0.384. The Bertz CT molecular complexity index is 1090. The molecule has 2 heterocycles. The number of nitro benzene ring substituents is 1. The van der Waals surface area contributed by atoms with Gasteiger partial charge < -0.3 is 4.74 Å². The van der Waals surface area contributed by atoms with Gasteiger partial charge in [0, 0.05) is 29.8 Å². The van der Waals surface area contributed by atoms with E-state index in [4.69, 9.17) is 16.3 Å². The lowest BCUT2D eigenvalue weighted by atomic mass is 10.1. The number of rotatable bonds is 6. The number of fused-ring (bicyclic) bond motifs is 3. The Balaban J connectivity index is 1.66. The topological polar surface area (TPSA) is 69.7 Å². The number of nitrogens with zero attached hydrogens (tertiary/aromatic N) is 3. The average Bonchev–Trinajstić information content (AvgIpc) is 3.19. The number of nitro groups is 1. The van der Waals surface area contributed by atoms with Crippen LogP contribution in [0.25, 0.3) is 26.4 Å². The van der Waals surface area contributed by atoms with E-state index in [9.17, 15) is 10.1 Å². The van der Waals surface area contributed by atoms with E-state index in [0.717, 1.165) is 38.6 Å². The number of thiazole rings is 1. The van der Waals surface area contributed by atoms with Gasteiger partial charge in [-0.05, 0) is 36.8 Å². The second-order valence-corrected chi connectivity index (χ2v) is 7.09. The van der Waals surface area contributed by atoms with Crippen LogP contribution in [0.4, 0.5) is 5.69 Å². The highest BCUT2D eigenvalue weighted by Crippen LogP contribution is 2.32. The van der Waals surface area contributed by atoms with Gasteiger partial charge in [0.2, 0.25) is 0 Å². The van der Waals surface area contributed by atoms with Crippen LogP contribution in [-0.4, -0.2) is 26.8 Å². The zero-order valence-corrected chi connectivity index (χ0v) is 15.2. The second kappa shape index (κ2) is 6.93. The third-order valence-electron chi connectivity index (χ3n) is 3.99. The molecule has 4 aromatic rings. The predicted octanol–water partition coefficient (Wildman–Crippen LogP) is 5.13. The van der Waals surface area contributed by atoms with Gasteiger partial charge in [0.1, 0.15) is 5.75 Å². The van der Waals surface area contributed by atoms with E-state index >= 15 is 0 Å². The monoisotopic (exact) mass is 387 g/mol. The van der Waals surface area contributed by atoms with Crippen LogP contribution in [0.1, 0.15) is 6.42 Å². The first-order valence-electron chi connectivity index (χ1n) is 8.01. The van der Waals surface area contributed by atoms with Crippen molar-refractivity contribution in [1.29, 1.82) is 0 Å². The molecule has 4 rings (SSSR count). The van der Waals surface area contributed by atoms with Crippen LogP contribution in [-0.2, 0) is 0 Å². The molecular weight excluding hydrogens is 374 g/mol. The van der Waals surface area contributed by atoms with Crippen molar-refractivity contribution in [3.8, 4) is 17.0 Å².